The predicted octanol–water partition coefficient (Wildman–Crippen LogP) is 3.09. The van der Waals surface area contributed by atoms with Crippen LogP contribution in [0.3, 0.4) is 0 Å². The summed E-state index contributed by atoms with van der Waals surface area (Å²) in [5, 5.41) is 9.43. The quantitative estimate of drug-likeness (QED) is 0.796. The van der Waals surface area contributed by atoms with E-state index in [9.17, 15) is 0 Å². The topological polar surface area (TPSA) is 49.8 Å². The molecule has 1 rings (SSSR count). The third-order valence-electron chi connectivity index (χ3n) is 2.32. The standard InChI is InChI=1S/C12H16N2S/c1-8(2)15-7-11-5-4-10(6-13)12(14)9(11)3/h4-5,8H,7,14H2,1-3H3. The lowest BCUT2D eigenvalue weighted by Crippen LogP contribution is -1.99. The van der Waals surface area contributed by atoms with Crippen molar-refractivity contribution in [2.24, 2.45) is 0 Å². The molecule has 0 radical (unpaired) electrons. The molecule has 0 aliphatic heterocycles. The number of hydrogen-bond donors (Lipinski definition) is 1. The number of rotatable bonds is 3. The fraction of sp³-hybridized carbons (Fsp3) is 0.417. The summed E-state index contributed by atoms with van der Waals surface area (Å²) in [6, 6.07) is 5.90. The molecule has 0 unspecified atom stereocenters. The zero-order chi connectivity index (χ0) is 11.4. The Labute approximate surface area is 95.5 Å². The molecule has 0 saturated carbocycles. The van der Waals surface area contributed by atoms with Crippen LogP contribution in [0.2, 0.25) is 0 Å². The maximum Gasteiger partial charge on any atom is 0.101 e. The van der Waals surface area contributed by atoms with Crippen molar-refractivity contribution in [3.63, 3.8) is 0 Å². The second-order valence-electron chi connectivity index (χ2n) is 3.78. The molecular weight excluding hydrogens is 204 g/mol. The van der Waals surface area contributed by atoms with Gasteiger partial charge in [0.15, 0.2) is 0 Å². The summed E-state index contributed by atoms with van der Waals surface area (Å²) in [5.41, 5.74) is 9.34. The van der Waals surface area contributed by atoms with E-state index in [-0.39, 0.29) is 0 Å². The van der Waals surface area contributed by atoms with Crippen LogP contribution in [0.15, 0.2) is 12.1 Å². The van der Waals surface area contributed by atoms with Gasteiger partial charge in [-0.1, -0.05) is 19.9 Å². The average Bonchev–Trinajstić information content (AvgIpc) is 2.20. The van der Waals surface area contributed by atoms with Crippen molar-refractivity contribution in [1.29, 1.82) is 5.26 Å². The van der Waals surface area contributed by atoms with Gasteiger partial charge >= 0.3 is 0 Å². The van der Waals surface area contributed by atoms with E-state index >= 15 is 0 Å². The molecule has 0 bridgehead atoms. The van der Waals surface area contributed by atoms with Gasteiger partial charge in [-0.2, -0.15) is 17.0 Å². The van der Waals surface area contributed by atoms with Gasteiger partial charge in [-0.25, -0.2) is 0 Å². The summed E-state index contributed by atoms with van der Waals surface area (Å²) in [4.78, 5) is 0. The van der Waals surface area contributed by atoms with Crippen LogP contribution in [0, 0.1) is 18.3 Å². The zero-order valence-electron chi connectivity index (χ0n) is 9.37. The van der Waals surface area contributed by atoms with Crippen molar-refractivity contribution in [2.45, 2.75) is 31.8 Å². The molecule has 1 aromatic carbocycles. The molecule has 1 aromatic rings. The van der Waals surface area contributed by atoms with Crippen molar-refractivity contribution < 1.29 is 0 Å². The fourth-order valence-electron chi connectivity index (χ4n) is 1.28. The Kier molecular flexibility index (Phi) is 4.05. The van der Waals surface area contributed by atoms with Crippen LogP contribution in [0.1, 0.15) is 30.5 Å². The van der Waals surface area contributed by atoms with Crippen molar-refractivity contribution in [3.05, 3.63) is 28.8 Å². The van der Waals surface area contributed by atoms with Crippen LogP contribution >= 0.6 is 11.8 Å². The number of nitrogens with two attached hydrogens (primary N) is 1. The third-order valence-corrected chi connectivity index (χ3v) is 3.46. The Morgan fingerprint density at radius 3 is 2.67 bits per heavy atom. The van der Waals surface area contributed by atoms with Crippen molar-refractivity contribution >= 4 is 17.4 Å². The Morgan fingerprint density at radius 1 is 1.47 bits per heavy atom. The van der Waals surface area contributed by atoms with E-state index < -0.39 is 0 Å². The molecular formula is C12H16N2S. The molecule has 0 atom stereocenters. The maximum absolute atomic E-state index is 8.82. The predicted molar refractivity (Wildman–Crippen MR) is 66.7 cm³/mol. The highest BCUT2D eigenvalue weighted by molar-refractivity contribution is 7.99. The summed E-state index contributed by atoms with van der Waals surface area (Å²) in [5.74, 6) is 0.958. The van der Waals surface area contributed by atoms with Crippen LogP contribution in [-0.4, -0.2) is 5.25 Å². The summed E-state index contributed by atoms with van der Waals surface area (Å²) >= 11 is 1.88. The first-order valence-electron chi connectivity index (χ1n) is 4.96. The lowest BCUT2D eigenvalue weighted by atomic mass is 10.0. The maximum atomic E-state index is 8.82. The molecule has 0 aliphatic rings. The van der Waals surface area contributed by atoms with Gasteiger partial charge in [0.2, 0.25) is 0 Å². The van der Waals surface area contributed by atoms with Crippen LogP contribution in [0.4, 0.5) is 5.69 Å². The van der Waals surface area contributed by atoms with E-state index in [1.165, 1.54) is 5.56 Å². The highest BCUT2D eigenvalue weighted by Crippen LogP contribution is 2.25. The van der Waals surface area contributed by atoms with Crippen LogP contribution in [0.5, 0.6) is 0 Å². The summed E-state index contributed by atoms with van der Waals surface area (Å²) in [6.45, 7) is 6.33. The Balaban J connectivity index is 2.93. The van der Waals surface area contributed by atoms with Gasteiger partial charge in [0, 0.05) is 5.75 Å². The summed E-state index contributed by atoms with van der Waals surface area (Å²) in [6.07, 6.45) is 0. The molecule has 15 heavy (non-hydrogen) atoms. The second-order valence-corrected chi connectivity index (χ2v) is 5.35. The third kappa shape index (κ3) is 2.90. The van der Waals surface area contributed by atoms with Gasteiger partial charge in [-0.15, -0.1) is 0 Å². The van der Waals surface area contributed by atoms with Gasteiger partial charge < -0.3 is 5.73 Å². The van der Waals surface area contributed by atoms with Crippen molar-refractivity contribution in [3.8, 4) is 6.07 Å². The summed E-state index contributed by atoms with van der Waals surface area (Å²) in [7, 11) is 0. The monoisotopic (exact) mass is 220 g/mol. The lowest BCUT2D eigenvalue weighted by molar-refractivity contribution is 1.11. The van der Waals surface area contributed by atoms with Crippen molar-refractivity contribution in [1.82, 2.24) is 0 Å². The molecule has 3 heteroatoms. The second kappa shape index (κ2) is 5.09. The molecule has 0 fully saturated rings. The molecule has 0 amide bonds. The van der Waals surface area contributed by atoms with E-state index in [4.69, 9.17) is 11.0 Å². The number of nitriles is 1. The molecule has 0 heterocycles. The highest BCUT2D eigenvalue weighted by Gasteiger charge is 2.07. The van der Waals surface area contributed by atoms with Crippen molar-refractivity contribution in [2.75, 3.05) is 5.73 Å². The average molecular weight is 220 g/mol. The molecule has 0 aromatic heterocycles. The van der Waals surface area contributed by atoms with E-state index in [1.807, 2.05) is 24.8 Å². The van der Waals surface area contributed by atoms with Gasteiger partial charge in [-0.05, 0) is 29.4 Å². The first-order chi connectivity index (χ1) is 7.06. The smallest absolute Gasteiger partial charge is 0.101 e. The Morgan fingerprint density at radius 2 is 2.13 bits per heavy atom. The lowest BCUT2D eigenvalue weighted by Gasteiger charge is -2.10. The SMILES string of the molecule is Cc1c(CSC(C)C)ccc(C#N)c1N. The minimum atomic E-state index is 0.575. The normalized spacial score (nSPS) is 10.3. The summed E-state index contributed by atoms with van der Waals surface area (Å²) < 4.78 is 0. The van der Waals surface area contributed by atoms with E-state index in [1.54, 1.807) is 6.07 Å². The van der Waals surface area contributed by atoms with Gasteiger partial charge in [0.1, 0.15) is 6.07 Å². The highest BCUT2D eigenvalue weighted by atomic mass is 32.2. The zero-order valence-corrected chi connectivity index (χ0v) is 10.2. The largest absolute Gasteiger partial charge is 0.397 e. The number of hydrogen-bond acceptors (Lipinski definition) is 3. The van der Waals surface area contributed by atoms with Gasteiger partial charge in [-0.3, -0.25) is 0 Å². The van der Waals surface area contributed by atoms with E-state index in [2.05, 4.69) is 19.9 Å². The number of nitrogens with zero attached hydrogens (tertiary/aromatic N) is 1. The first-order valence-corrected chi connectivity index (χ1v) is 6.00. The first kappa shape index (κ1) is 11.9. The van der Waals surface area contributed by atoms with E-state index in [0.29, 0.717) is 16.5 Å². The number of anilines is 1. The van der Waals surface area contributed by atoms with Crippen LogP contribution in [-0.2, 0) is 5.75 Å². The number of nitrogen functional groups attached to an aromatic ring is 1. The Hall–Kier alpha value is -1.14. The fourth-order valence-corrected chi connectivity index (χ4v) is 2.11. The van der Waals surface area contributed by atoms with Crippen LogP contribution in [0.25, 0.3) is 0 Å². The molecule has 2 nitrogen and oxygen atoms in total. The van der Waals surface area contributed by atoms with E-state index in [0.717, 1.165) is 11.3 Å². The van der Waals surface area contributed by atoms with Gasteiger partial charge in [0.05, 0.1) is 11.3 Å². The number of thioether (sulfide) groups is 1. The Bertz CT molecular complexity index is 391. The minimum absolute atomic E-state index is 0.575. The molecule has 0 aliphatic carbocycles. The number of benzene rings is 1. The van der Waals surface area contributed by atoms with Crippen LogP contribution < -0.4 is 5.73 Å². The molecule has 0 spiro atoms. The van der Waals surface area contributed by atoms with Gasteiger partial charge in [0.25, 0.3) is 0 Å². The minimum Gasteiger partial charge on any atom is -0.397 e. The molecule has 2 N–H and O–H groups in total. The molecule has 80 valence electrons. The molecule has 0 saturated heterocycles.